The zero-order valence-corrected chi connectivity index (χ0v) is 16.6. The first-order valence-corrected chi connectivity index (χ1v) is 9.50. The number of rotatable bonds is 4. The summed E-state index contributed by atoms with van der Waals surface area (Å²) in [7, 11) is 1.81. The number of aromatic nitrogens is 2. The fourth-order valence-electron chi connectivity index (χ4n) is 3.17. The maximum Gasteiger partial charge on any atom is 0.227 e. The number of hydrogen-bond acceptors (Lipinski definition) is 4. The van der Waals surface area contributed by atoms with Crippen molar-refractivity contribution in [1.29, 1.82) is 0 Å². The molecule has 0 aliphatic carbocycles. The number of benzene rings is 1. The first-order valence-electron chi connectivity index (χ1n) is 8.37. The summed E-state index contributed by atoms with van der Waals surface area (Å²) in [5.41, 5.74) is 0.950. The van der Waals surface area contributed by atoms with Crippen LogP contribution >= 0.6 is 34.8 Å². The minimum Gasteiger partial charge on any atom is -0.354 e. The molecule has 0 unspecified atom stereocenters. The van der Waals surface area contributed by atoms with Crippen LogP contribution in [0.15, 0.2) is 30.3 Å². The van der Waals surface area contributed by atoms with Gasteiger partial charge < -0.3 is 9.80 Å². The smallest absolute Gasteiger partial charge is 0.227 e. The normalized spacial score (nSPS) is 17.2. The van der Waals surface area contributed by atoms with Gasteiger partial charge in [0, 0.05) is 26.7 Å². The second-order valence-electron chi connectivity index (χ2n) is 6.44. The van der Waals surface area contributed by atoms with Gasteiger partial charge >= 0.3 is 0 Å². The lowest BCUT2D eigenvalue weighted by atomic mass is 9.96. The zero-order valence-electron chi connectivity index (χ0n) is 14.3. The minimum absolute atomic E-state index is 0.0750. The SMILES string of the molecule is CN(Cc1ccc(Cl)c(Cl)c1)C(=O)[C@@H]1CCCN(c2ccc(Cl)nn2)C1. The van der Waals surface area contributed by atoms with Crippen LogP contribution in [0.2, 0.25) is 15.2 Å². The van der Waals surface area contributed by atoms with Crippen LogP contribution in [0.5, 0.6) is 0 Å². The van der Waals surface area contributed by atoms with Crippen molar-refractivity contribution in [2.24, 2.45) is 5.92 Å². The van der Waals surface area contributed by atoms with Gasteiger partial charge in [0.15, 0.2) is 11.0 Å². The first kappa shape index (κ1) is 19.2. The van der Waals surface area contributed by atoms with Crippen LogP contribution in [0, 0.1) is 5.92 Å². The third-order valence-electron chi connectivity index (χ3n) is 4.49. The van der Waals surface area contributed by atoms with Crippen molar-refractivity contribution in [3.63, 3.8) is 0 Å². The van der Waals surface area contributed by atoms with E-state index in [2.05, 4.69) is 15.1 Å². The maximum atomic E-state index is 12.9. The molecule has 0 spiro atoms. The molecule has 0 N–H and O–H groups in total. The molecule has 1 aromatic carbocycles. The van der Waals surface area contributed by atoms with Crippen LogP contribution in [0.25, 0.3) is 0 Å². The maximum absolute atomic E-state index is 12.9. The van der Waals surface area contributed by atoms with E-state index in [0.717, 1.165) is 30.8 Å². The van der Waals surface area contributed by atoms with Crippen molar-refractivity contribution in [3.05, 3.63) is 51.1 Å². The summed E-state index contributed by atoms with van der Waals surface area (Å²) in [6.07, 6.45) is 1.80. The van der Waals surface area contributed by atoms with E-state index in [9.17, 15) is 4.79 Å². The Labute approximate surface area is 167 Å². The monoisotopic (exact) mass is 412 g/mol. The first-order chi connectivity index (χ1) is 12.4. The average Bonchev–Trinajstić information content (AvgIpc) is 2.65. The van der Waals surface area contributed by atoms with E-state index in [0.29, 0.717) is 28.3 Å². The Morgan fingerprint density at radius 2 is 2.00 bits per heavy atom. The number of halogens is 3. The lowest BCUT2D eigenvalue weighted by Gasteiger charge is -2.34. The molecule has 5 nitrogen and oxygen atoms in total. The molecule has 26 heavy (non-hydrogen) atoms. The van der Waals surface area contributed by atoms with E-state index in [1.54, 1.807) is 23.1 Å². The van der Waals surface area contributed by atoms with Crippen LogP contribution < -0.4 is 4.90 Å². The number of piperidine rings is 1. The van der Waals surface area contributed by atoms with Gasteiger partial charge in [-0.25, -0.2) is 0 Å². The third-order valence-corrected chi connectivity index (χ3v) is 5.43. The lowest BCUT2D eigenvalue weighted by molar-refractivity contribution is -0.135. The summed E-state index contributed by atoms with van der Waals surface area (Å²) < 4.78 is 0. The fraction of sp³-hybridized carbons (Fsp3) is 0.389. The average molecular weight is 414 g/mol. The van der Waals surface area contributed by atoms with E-state index < -0.39 is 0 Å². The largest absolute Gasteiger partial charge is 0.354 e. The molecule has 2 heterocycles. The molecule has 1 aliphatic heterocycles. The molecule has 138 valence electrons. The molecule has 1 fully saturated rings. The quantitative estimate of drug-likeness (QED) is 0.749. The predicted octanol–water partition coefficient (Wildman–Crippen LogP) is 4.31. The van der Waals surface area contributed by atoms with Crippen LogP contribution in [0.3, 0.4) is 0 Å². The molecule has 1 saturated heterocycles. The second kappa shape index (κ2) is 8.42. The number of amides is 1. The molecule has 8 heteroatoms. The summed E-state index contributed by atoms with van der Waals surface area (Å²) in [6.45, 7) is 1.98. The fourth-order valence-corrected chi connectivity index (χ4v) is 3.59. The van der Waals surface area contributed by atoms with E-state index >= 15 is 0 Å². The van der Waals surface area contributed by atoms with Crippen LogP contribution in [0.4, 0.5) is 5.82 Å². The Hall–Kier alpha value is -1.56. The van der Waals surface area contributed by atoms with Crippen molar-refractivity contribution in [2.75, 3.05) is 25.0 Å². The number of nitrogens with zero attached hydrogens (tertiary/aromatic N) is 4. The highest BCUT2D eigenvalue weighted by atomic mass is 35.5. The summed E-state index contributed by atoms with van der Waals surface area (Å²) in [5.74, 6) is 0.788. The van der Waals surface area contributed by atoms with Gasteiger partial charge in [-0.3, -0.25) is 4.79 Å². The number of carbonyl (C=O) groups excluding carboxylic acids is 1. The van der Waals surface area contributed by atoms with Crippen LogP contribution in [-0.4, -0.2) is 41.1 Å². The van der Waals surface area contributed by atoms with Crippen LogP contribution in [0.1, 0.15) is 18.4 Å². The van der Waals surface area contributed by atoms with Gasteiger partial charge in [-0.1, -0.05) is 40.9 Å². The van der Waals surface area contributed by atoms with Crippen molar-refractivity contribution < 1.29 is 4.79 Å². The summed E-state index contributed by atoms with van der Waals surface area (Å²) in [6, 6.07) is 8.98. The van der Waals surface area contributed by atoms with Crippen LogP contribution in [-0.2, 0) is 11.3 Å². The van der Waals surface area contributed by atoms with Gasteiger partial charge in [0.25, 0.3) is 0 Å². The molecular formula is C18H19Cl3N4O. The van der Waals surface area contributed by atoms with Gasteiger partial charge in [0.2, 0.25) is 5.91 Å². The van der Waals surface area contributed by atoms with E-state index in [4.69, 9.17) is 34.8 Å². The highest BCUT2D eigenvalue weighted by Crippen LogP contribution is 2.25. The third kappa shape index (κ3) is 4.58. The predicted molar refractivity (Wildman–Crippen MR) is 105 cm³/mol. The molecule has 0 bridgehead atoms. The van der Waals surface area contributed by atoms with Crippen molar-refractivity contribution in [3.8, 4) is 0 Å². The molecule has 0 radical (unpaired) electrons. The van der Waals surface area contributed by atoms with Crippen molar-refractivity contribution in [2.45, 2.75) is 19.4 Å². The van der Waals surface area contributed by atoms with Crippen molar-refractivity contribution in [1.82, 2.24) is 15.1 Å². The topological polar surface area (TPSA) is 49.3 Å². The molecule has 3 rings (SSSR count). The lowest BCUT2D eigenvalue weighted by Crippen LogP contribution is -2.43. The minimum atomic E-state index is -0.0750. The molecule has 2 aromatic rings. The summed E-state index contributed by atoms with van der Waals surface area (Å²) in [4.78, 5) is 16.7. The Balaban J connectivity index is 1.64. The molecule has 1 atom stereocenters. The van der Waals surface area contributed by atoms with Gasteiger partial charge in [-0.15, -0.1) is 10.2 Å². The highest BCUT2D eigenvalue weighted by Gasteiger charge is 2.28. The summed E-state index contributed by atoms with van der Waals surface area (Å²) in [5, 5.41) is 9.37. The van der Waals surface area contributed by atoms with Crippen molar-refractivity contribution >= 4 is 46.5 Å². The molecule has 1 aromatic heterocycles. The van der Waals surface area contributed by atoms with E-state index in [1.165, 1.54) is 0 Å². The Morgan fingerprint density at radius 1 is 1.19 bits per heavy atom. The van der Waals surface area contributed by atoms with Gasteiger partial charge in [-0.2, -0.15) is 0 Å². The van der Waals surface area contributed by atoms with E-state index in [1.807, 2.05) is 19.2 Å². The Bertz CT molecular complexity index is 785. The standard InChI is InChI=1S/C18H19Cl3N4O/c1-24(10-12-4-5-14(19)15(20)9-12)18(26)13-3-2-8-25(11-13)17-7-6-16(21)22-23-17/h4-7,9,13H,2-3,8,10-11H2,1H3/t13-/m1/s1. The van der Waals surface area contributed by atoms with Gasteiger partial charge in [0.05, 0.1) is 16.0 Å². The Morgan fingerprint density at radius 3 is 2.69 bits per heavy atom. The molecule has 1 amide bonds. The molecular weight excluding hydrogens is 395 g/mol. The zero-order chi connectivity index (χ0) is 18.7. The summed E-state index contributed by atoms with van der Waals surface area (Å²) >= 11 is 17.8. The second-order valence-corrected chi connectivity index (χ2v) is 7.64. The van der Waals surface area contributed by atoms with Gasteiger partial charge in [-0.05, 0) is 42.7 Å². The van der Waals surface area contributed by atoms with E-state index in [-0.39, 0.29) is 11.8 Å². The highest BCUT2D eigenvalue weighted by molar-refractivity contribution is 6.42. The molecule has 0 saturated carbocycles. The number of anilines is 1. The Kier molecular flexibility index (Phi) is 6.22. The molecule has 1 aliphatic rings. The van der Waals surface area contributed by atoms with Gasteiger partial charge in [0.1, 0.15) is 0 Å². The number of hydrogen-bond donors (Lipinski definition) is 0. The number of carbonyl (C=O) groups is 1.